The summed E-state index contributed by atoms with van der Waals surface area (Å²) in [6.45, 7) is 0. The Balaban J connectivity index is 1.78. The van der Waals surface area contributed by atoms with Crippen molar-refractivity contribution in [1.82, 2.24) is 25.2 Å². The van der Waals surface area contributed by atoms with Crippen LogP contribution in [0, 0.1) is 0 Å². The third-order valence-electron chi connectivity index (χ3n) is 2.61. The maximum atomic E-state index is 12.4. The summed E-state index contributed by atoms with van der Waals surface area (Å²) in [6, 6.07) is 2.63. The lowest BCUT2D eigenvalue weighted by atomic mass is 10.3. The quantitative estimate of drug-likeness (QED) is 0.868. The first-order chi connectivity index (χ1) is 9.04. The van der Waals surface area contributed by atoms with E-state index in [9.17, 15) is 13.2 Å². The van der Waals surface area contributed by atoms with Crippen LogP contribution in [0.3, 0.4) is 0 Å². The van der Waals surface area contributed by atoms with Crippen LogP contribution in [0.2, 0.25) is 0 Å². The van der Waals surface area contributed by atoms with E-state index in [0.717, 1.165) is 36.9 Å². The molecule has 0 radical (unpaired) electrons. The maximum absolute atomic E-state index is 12.4. The van der Waals surface area contributed by atoms with Gasteiger partial charge < -0.3 is 0 Å². The number of hydrogen-bond donors (Lipinski definition) is 0. The summed E-state index contributed by atoms with van der Waals surface area (Å²) in [5.74, 6) is 0. The first kappa shape index (κ1) is 12.4. The standard InChI is InChI=1S/C10H8F3N5S/c11-10(12,13)6-1-4-8(14-5-6)19-9-15-16-17-18(9)7-2-3-7/h1,4-5,7H,2-3H2. The van der Waals surface area contributed by atoms with Gasteiger partial charge in [0.05, 0.1) is 11.6 Å². The molecule has 0 saturated heterocycles. The summed E-state index contributed by atoms with van der Waals surface area (Å²) < 4.78 is 38.9. The van der Waals surface area contributed by atoms with Crippen LogP contribution >= 0.6 is 11.8 Å². The molecule has 9 heteroatoms. The minimum atomic E-state index is -4.37. The predicted octanol–water partition coefficient (Wildman–Crippen LogP) is 2.57. The molecule has 2 aromatic heterocycles. The number of hydrogen-bond acceptors (Lipinski definition) is 5. The Labute approximate surface area is 110 Å². The fourth-order valence-electron chi connectivity index (χ4n) is 1.50. The van der Waals surface area contributed by atoms with Crippen LogP contribution in [-0.4, -0.2) is 25.2 Å². The Bertz CT molecular complexity index is 576. The highest BCUT2D eigenvalue weighted by molar-refractivity contribution is 7.99. The zero-order valence-corrected chi connectivity index (χ0v) is 10.3. The van der Waals surface area contributed by atoms with Crippen molar-refractivity contribution < 1.29 is 13.2 Å². The number of nitrogens with zero attached hydrogens (tertiary/aromatic N) is 5. The average Bonchev–Trinajstić information content (AvgIpc) is 3.10. The van der Waals surface area contributed by atoms with Gasteiger partial charge in [-0.1, -0.05) is 0 Å². The van der Waals surface area contributed by atoms with Gasteiger partial charge in [0.2, 0.25) is 5.16 Å². The smallest absolute Gasteiger partial charge is 0.249 e. The molecule has 1 aliphatic rings. The molecule has 1 saturated carbocycles. The second kappa shape index (κ2) is 4.48. The fraction of sp³-hybridized carbons (Fsp3) is 0.400. The molecule has 100 valence electrons. The van der Waals surface area contributed by atoms with Gasteiger partial charge in [-0.05, 0) is 47.2 Å². The predicted molar refractivity (Wildman–Crippen MR) is 59.5 cm³/mol. The summed E-state index contributed by atoms with van der Waals surface area (Å²) in [6.07, 6.45) is -1.50. The molecule has 5 nitrogen and oxygen atoms in total. The van der Waals surface area contributed by atoms with E-state index in [1.807, 2.05) is 0 Å². The van der Waals surface area contributed by atoms with Crippen LogP contribution in [-0.2, 0) is 6.18 Å². The molecule has 0 spiro atoms. The number of tetrazole rings is 1. The van der Waals surface area contributed by atoms with Gasteiger partial charge in [0.25, 0.3) is 0 Å². The summed E-state index contributed by atoms with van der Waals surface area (Å²) in [5.41, 5.74) is -0.765. The minimum absolute atomic E-state index is 0.312. The van der Waals surface area contributed by atoms with E-state index in [4.69, 9.17) is 0 Å². The molecule has 0 N–H and O–H groups in total. The molecular formula is C10H8F3N5S. The Kier molecular flexibility index (Phi) is 2.92. The van der Waals surface area contributed by atoms with Crippen LogP contribution in [0.1, 0.15) is 24.4 Å². The van der Waals surface area contributed by atoms with Gasteiger partial charge in [-0.2, -0.15) is 13.2 Å². The van der Waals surface area contributed by atoms with Crippen LogP contribution in [0.5, 0.6) is 0 Å². The Hall–Kier alpha value is -1.64. The first-order valence-electron chi connectivity index (χ1n) is 5.53. The molecule has 2 aromatic rings. The molecule has 1 fully saturated rings. The lowest BCUT2D eigenvalue weighted by Crippen LogP contribution is -2.05. The maximum Gasteiger partial charge on any atom is 0.417 e. The SMILES string of the molecule is FC(F)(F)c1ccc(Sc2nnnn2C2CC2)nc1. The first-order valence-corrected chi connectivity index (χ1v) is 6.34. The molecule has 19 heavy (non-hydrogen) atoms. The number of pyridine rings is 1. The summed E-state index contributed by atoms with van der Waals surface area (Å²) in [4.78, 5) is 3.77. The van der Waals surface area contributed by atoms with Crippen molar-refractivity contribution >= 4 is 11.8 Å². The second-order valence-corrected chi connectivity index (χ2v) is 5.11. The van der Waals surface area contributed by atoms with E-state index >= 15 is 0 Å². The van der Waals surface area contributed by atoms with Crippen LogP contribution in [0.15, 0.2) is 28.5 Å². The van der Waals surface area contributed by atoms with E-state index < -0.39 is 11.7 Å². The van der Waals surface area contributed by atoms with E-state index in [1.54, 1.807) is 4.68 Å². The molecule has 0 aliphatic heterocycles. The lowest BCUT2D eigenvalue weighted by molar-refractivity contribution is -0.137. The second-order valence-electron chi connectivity index (χ2n) is 4.12. The summed E-state index contributed by atoms with van der Waals surface area (Å²) in [7, 11) is 0. The van der Waals surface area contributed by atoms with Gasteiger partial charge >= 0.3 is 6.18 Å². The molecule has 2 heterocycles. The van der Waals surface area contributed by atoms with Crippen LogP contribution in [0.4, 0.5) is 13.2 Å². The highest BCUT2D eigenvalue weighted by Gasteiger charge is 2.31. The largest absolute Gasteiger partial charge is 0.417 e. The Morgan fingerprint density at radius 3 is 2.63 bits per heavy atom. The summed E-state index contributed by atoms with van der Waals surface area (Å²) >= 11 is 1.16. The van der Waals surface area contributed by atoms with E-state index in [1.165, 1.54) is 6.07 Å². The monoisotopic (exact) mass is 287 g/mol. The molecule has 0 aromatic carbocycles. The van der Waals surface area contributed by atoms with E-state index in [2.05, 4.69) is 20.5 Å². The van der Waals surface area contributed by atoms with Crippen molar-refractivity contribution in [3.8, 4) is 0 Å². The van der Waals surface area contributed by atoms with Crippen LogP contribution < -0.4 is 0 Å². The number of rotatable bonds is 3. The molecule has 0 amide bonds. The van der Waals surface area contributed by atoms with Gasteiger partial charge in [-0.3, -0.25) is 0 Å². The van der Waals surface area contributed by atoms with Crippen LogP contribution in [0.25, 0.3) is 0 Å². The third-order valence-corrected chi connectivity index (χ3v) is 3.52. The number of alkyl halides is 3. The van der Waals surface area contributed by atoms with Gasteiger partial charge in [0.15, 0.2) is 0 Å². The van der Waals surface area contributed by atoms with Crippen molar-refractivity contribution in [2.75, 3.05) is 0 Å². The number of halogens is 3. The van der Waals surface area contributed by atoms with Crippen molar-refractivity contribution in [3.05, 3.63) is 23.9 Å². The molecule has 3 rings (SSSR count). The molecule has 1 aliphatic carbocycles. The zero-order valence-electron chi connectivity index (χ0n) is 9.50. The Morgan fingerprint density at radius 2 is 2.05 bits per heavy atom. The van der Waals surface area contributed by atoms with Crippen molar-refractivity contribution in [2.45, 2.75) is 35.2 Å². The lowest BCUT2D eigenvalue weighted by Gasteiger charge is -2.06. The summed E-state index contributed by atoms with van der Waals surface area (Å²) in [5, 5.41) is 12.3. The highest BCUT2D eigenvalue weighted by atomic mass is 32.2. The van der Waals surface area contributed by atoms with Gasteiger partial charge in [-0.15, -0.1) is 5.10 Å². The fourth-order valence-corrected chi connectivity index (χ4v) is 2.29. The molecular weight excluding hydrogens is 279 g/mol. The topological polar surface area (TPSA) is 56.5 Å². The number of aromatic nitrogens is 5. The molecule has 0 bridgehead atoms. The average molecular weight is 287 g/mol. The third kappa shape index (κ3) is 2.70. The van der Waals surface area contributed by atoms with Crippen molar-refractivity contribution in [1.29, 1.82) is 0 Å². The highest BCUT2D eigenvalue weighted by Crippen LogP contribution is 2.38. The minimum Gasteiger partial charge on any atom is -0.249 e. The van der Waals surface area contributed by atoms with Crippen molar-refractivity contribution in [2.24, 2.45) is 0 Å². The Morgan fingerprint density at radius 1 is 1.26 bits per heavy atom. The molecule has 0 unspecified atom stereocenters. The zero-order chi connectivity index (χ0) is 13.5. The van der Waals surface area contributed by atoms with E-state index in [-0.39, 0.29) is 0 Å². The normalized spacial score (nSPS) is 15.7. The van der Waals surface area contributed by atoms with Gasteiger partial charge in [0, 0.05) is 6.20 Å². The van der Waals surface area contributed by atoms with E-state index in [0.29, 0.717) is 16.2 Å². The van der Waals surface area contributed by atoms with Crippen molar-refractivity contribution in [3.63, 3.8) is 0 Å². The van der Waals surface area contributed by atoms with Gasteiger partial charge in [-0.25, -0.2) is 9.67 Å². The molecule has 0 atom stereocenters. The van der Waals surface area contributed by atoms with Gasteiger partial charge in [0.1, 0.15) is 5.03 Å².